The zero-order chi connectivity index (χ0) is 13.2. The van der Waals surface area contributed by atoms with Crippen molar-refractivity contribution in [3.05, 3.63) is 35.2 Å². The van der Waals surface area contributed by atoms with E-state index in [0.29, 0.717) is 5.69 Å². The molecule has 1 aliphatic rings. The highest BCUT2D eigenvalue weighted by Gasteiger charge is 2.31. The molecule has 1 fully saturated rings. The molecule has 5 heteroatoms. The summed E-state index contributed by atoms with van der Waals surface area (Å²) in [6.07, 6.45) is -1.19. The molecule has 96 valence electrons. The van der Waals surface area contributed by atoms with Crippen molar-refractivity contribution in [3.8, 4) is 0 Å². The topological polar surface area (TPSA) is 7.60 Å². The molecule has 0 aliphatic carbocycles. The van der Waals surface area contributed by atoms with E-state index in [1.165, 1.54) is 6.07 Å². The number of alkyl halides is 3. The van der Waals surface area contributed by atoms with Crippen LogP contribution in [-0.4, -0.2) is 13.1 Å². The number of anilines is 1. The van der Waals surface area contributed by atoms with Crippen LogP contribution >= 0.6 is 0 Å². The number of halogens is 3. The lowest BCUT2D eigenvalue weighted by Crippen LogP contribution is -2.29. The first-order valence-electron chi connectivity index (χ1n) is 5.86. The summed E-state index contributed by atoms with van der Waals surface area (Å²) in [4.78, 5) is 5.23. The molecule has 18 heavy (non-hydrogen) atoms. The molecule has 2 nitrogen and oxygen atoms in total. The van der Waals surface area contributed by atoms with E-state index in [1.54, 1.807) is 0 Å². The molecule has 0 unspecified atom stereocenters. The van der Waals surface area contributed by atoms with E-state index in [2.05, 4.69) is 4.85 Å². The Morgan fingerprint density at radius 1 is 1.11 bits per heavy atom. The molecule has 0 bridgehead atoms. The molecule has 0 aromatic heterocycles. The van der Waals surface area contributed by atoms with Crippen LogP contribution in [0, 0.1) is 6.57 Å². The van der Waals surface area contributed by atoms with Gasteiger partial charge >= 0.3 is 6.18 Å². The number of hydrogen-bond donors (Lipinski definition) is 0. The van der Waals surface area contributed by atoms with Gasteiger partial charge in [-0.3, -0.25) is 0 Å². The average Bonchev–Trinajstić information content (AvgIpc) is 2.38. The monoisotopic (exact) mass is 254 g/mol. The molecule has 0 radical (unpaired) electrons. The van der Waals surface area contributed by atoms with E-state index >= 15 is 0 Å². The lowest BCUT2D eigenvalue weighted by Gasteiger charge is -2.30. The second kappa shape index (κ2) is 4.89. The molecule has 0 atom stereocenters. The molecule has 1 aromatic rings. The maximum absolute atomic E-state index is 12.6. The van der Waals surface area contributed by atoms with Gasteiger partial charge < -0.3 is 4.90 Å². The van der Waals surface area contributed by atoms with Crippen molar-refractivity contribution in [2.24, 2.45) is 0 Å². The summed E-state index contributed by atoms with van der Waals surface area (Å²) in [7, 11) is 0. The van der Waals surface area contributed by atoms with Gasteiger partial charge in [0.1, 0.15) is 0 Å². The van der Waals surface area contributed by atoms with Crippen LogP contribution in [0.15, 0.2) is 18.2 Å². The molecule has 0 spiro atoms. The van der Waals surface area contributed by atoms with Crippen molar-refractivity contribution in [2.45, 2.75) is 25.4 Å². The maximum atomic E-state index is 12.6. The highest BCUT2D eigenvalue weighted by molar-refractivity contribution is 5.72. The maximum Gasteiger partial charge on any atom is 0.415 e. The molecule has 1 saturated heterocycles. The molecule has 0 N–H and O–H groups in total. The Balaban J connectivity index is 2.34. The number of rotatable bonds is 1. The van der Waals surface area contributed by atoms with Gasteiger partial charge in [0.05, 0.1) is 6.57 Å². The largest absolute Gasteiger partial charge is 0.415 e. The fourth-order valence-corrected chi connectivity index (χ4v) is 2.19. The van der Waals surface area contributed by atoms with Gasteiger partial charge in [-0.05, 0) is 31.4 Å². The summed E-state index contributed by atoms with van der Waals surface area (Å²) in [6.45, 7) is 8.66. The Morgan fingerprint density at radius 3 is 2.33 bits per heavy atom. The van der Waals surface area contributed by atoms with Gasteiger partial charge in [0.15, 0.2) is 0 Å². The fourth-order valence-electron chi connectivity index (χ4n) is 2.19. The van der Waals surface area contributed by atoms with Crippen LogP contribution in [0.5, 0.6) is 0 Å². The Bertz CT molecular complexity index is 468. The van der Waals surface area contributed by atoms with E-state index in [4.69, 9.17) is 6.57 Å². The van der Waals surface area contributed by atoms with Crippen molar-refractivity contribution in [2.75, 3.05) is 18.0 Å². The first-order valence-corrected chi connectivity index (χ1v) is 5.86. The molecule has 1 aromatic carbocycles. The minimum absolute atomic E-state index is 0.0896. The van der Waals surface area contributed by atoms with Crippen LogP contribution in [0.4, 0.5) is 24.5 Å². The van der Waals surface area contributed by atoms with Gasteiger partial charge in [-0.1, -0.05) is 6.07 Å². The lowest BCUT2D eigenvalue weighted by molar-refractivity contribution is -0.137. The SMILES string of the molecule is [C-]#[N+]c1cc(C(F)(F)F)ccc1N1CCCCC1. The molecular formula is C13H13F3N2. The average molecular weight is 254 g/mol. The predicted octanol–water partition coefficient (Wildman–Crippen LogP) is 4.25. The van der Waals surface area contributed by atoms with E-state index in [9.17, 15) is 13.2 Å². The summed E-state index contributed by atoms with van der Waals surface area (Å²) in [6, 6.07) is 3.41. The van der Waals surface area contributed by atoms with Crippen LogP contribution in [-0.2, 0) is 6.18 Å². The van der Waals surface area contributed by atoms with Crippen LogP contribution in [0.3, 0.4) is 0 Å². The zero-order valence-electron chi connectivity index (χ0n) is 9.80. The first-order chi connectivity index (χ1) is 8.52. The van der Waals surface area contributed by atoms with Crippen molar-refractivity contribution >= 4 is 11.4 Å². The highest BCUT2D eigenvalue weighted by atomic mass is 19.4. The number of nitrogens with zero attached hydrogens (tertiary/aromatic N) is 2. The Hall–Kier alpha value is -1.70. The van der Waals surface area contributed by atoms with Gasteiger partial charge in [0, 0.05) is 24.3 Å². The predicted molar refractivity (Wildman–Crippen MR) is 63.8 cm³/mol. The number of hydrogen-bond acceptors (Lipinski definition) is 1. The van der Waals surface area contributed by atoms with E-state index in [0.717, 1.165) is 44.5 Å². The summed E-state index contributed by atoms with van der Waals surface area (Å²) in [5, 5.41) is 0. The van der Waals surface area contributed by atoms with E-state index in [-0.39, 0.29) is 5.69 Å². The third-order valence-corrected chi connectivity index (χ3v) is 3.12. The summed E-state index contributed by atoms with van der Waals surface area (Å²) < 4.78 is 37.7. The normalized spacial score (nSPS) is 16.4. The first kappa shape index (κ1) is 12.7. The van der Waals surface area contributed by atoms with Crippen LogP contribution in [0.2, 0.25) is 0 Å². The summed E-state index contributed by atoms with van der Waals surface area (Å²) in [5.74, 6) is 0. The van der Waals surface area contributed by atoms with Gasteiger partial charge in [-0.25, -0.2) is 4.85 Å². The summed E-state index contributed by atoms with van der Waals surface area (Å²) in [5.41, 5.74) is -0.0429. The minimum atomic E-state index is -4.39. The van der Waals surface area contributed by atoms with Crippen molar-refractivity contribution in [1.82, 2.24) is 0 Å². The quantitative estimate of drug-likeness (QED) is 0.680. The van der Waals surface area contributed by atoms with Crippen LogP contribution in [0.25, 0.3) is 4.85 Å². The third kappa shape index (κ3) is 2.58. The molecule has 0 saturated carbocycles. The van der Waals surface area contributed by atoms with Gasteiger partial charge in [0.25, 0.3) is 0 Å². The van der Waals surface area contributed by atoms with Crippen LogP contribution in [0.1, 0.15) is 24.8 Å². The highest BCUT2D eigenvalue weighted by Crippen LogP contribution is 2.37. The Kier molecular flexibility index (Phi) is 3.46. The zero-order valence-corrected chi connectivity index (χ0v) is 9.80. The molecule has 2 rings (SSSR count). The molecular weight excluding hydrogens is 241 g/mol. The second-order valence-corrected chi connectivity index (χ2v) is 4.36. The Labute approximate surface area is 104 Å². The van der Waals surface area contributed by atoms with E-state index in [1.807, 2.05) is 4.90 Å². The van der Waals surface area contributed by atoms with Gasteiger partial charge in [0.2, 0.25) is 5.69 Å². The molecule has 1 heterocycles. The third-order valence-electron chi connectivity index (χ3n) is 3.12. The number of benzene rings is 1. The second-order valence-electron chi connectivity index (χ2n) is 4.36. The number of piperidine rings is 1. The van der Waals surface area contributed by atoms with Crippen molar-refractivity contribution in [3.63, 3.8) is 0 Å². The minimum Gasteiger partial charge on any atom is -0.380 e. The van der Waals surface area contributed by atoms with Gasteiger partial charge in [-0.2, -0.15) is 13.2 Å². The standard InChI is InChI=1S/C13H13F3N2/c1-17-11-9-10(13(14,15)16)5-6-12(11)18-7-3-2-4-8-18/h5-6,9H,2-4,7-8H2. The Morgan fingerprint density at radius 2 is 1.78 bits per heavy atom. The summed E-state index contributed by atoms with van der Waals surface area (Å²) >= 11 is 0. The molecule has 1 aliphatic heterocycles. The van der Waals surface area contributed by atoms with Crippen LogP contribution < -0.4 is 4.90 Å². The fraction of sp³-hybridized carbons (Fsp3) is 0.462. The molecule has 0 amide bonds. The van der Waals surface area contributed by atoms with Gasteiger partial charge in [-0.15, -0.1) is 0 Å². The van der Waals surface area contributed by atoms with Crippen molar-refractivity contribution < 1.29 is 13.2 Å². The van der Waals surface area contributed by atoms with Crippen molar-refractivity contribution in [1.29, 1.82) is 0 Å². The smallest absolute Gasteiger partial charge is 0.380 e. The lowest BCUT2D eigenvalue weighted by atomic mass is 10.1. The van der Waals surface area contributed by atoms with E-state index < -0.39 is 11.7 Å².